The summed E-state index contributed by atoms with van der Waals surface area (Å²) in [4.78, 5) is 164. The summed E-state index contributed by atoms with van der Waals surface area (Å²) in [6.45, 7) is 3.21. The number of nitrogens with one attached hydrogen (secondary N) is 8. The van der Waals surface area contributed by atoms with Crippen molar-refractivity contribution in [1.82, 2.24) is 61.8 Å². The van der Waals surface area contributed by atoms with Crippen LogP contribution in [0.3, 0.4) is 0 Å². The van der Waals surface area contributed by atoms with Crippen LogP contribution in [-0.4, -0.2) is 179 Å². The summed E-state index contributed by atoms with van der Waals surface area (Å²) in [6, 6.07) is 16.6. The van der Waals surface area contributed by atoms with Gasteiger partial charge in [0.1, 0.15) is 60.5 Å². The van der Waals surface area contributed by atoms with Gasteiger partial charge in [0.05, 0.1) is 19.8 Å². The fourth-order valence-electron chi connectivity index (χ4n) is 13.4. The van der Waals surface area contributed by atoms with E-state index in [9.17, 15) is 33.6 Å². The predicted molar refractivity (Wildman–Crippen MR) is 354 cm³/mol. The Balaban J connectivity index is 1.05. The zero-order valence-corrected chi connectivity index (χ0v) is 55.1. The van der Waals surface area contributed by atoms with Crippen molar-refractivity contribution in [2.75, 3.05) is 46.4 Å². The Hall–Kier alpha value is -9.72. The van der Waals surface area contributed by atoms with E-state index in [2.05, 4.69) is 42.5 Å². The number of aryl methyl sites for hydroxylation is 1. The minimum Gasteiger partial charge on any atom is -0.497 e. The van der Waals surface area contributed by atoms with E-state index in [1.165, 1.54) is 36.0 Å². The molecular formula is C71H87FN12O13. The van der Waals surface area contributed by atoms with E-state index in [-0.39, 0.29) is 89.5 Å². The SMILES string of the molecule is CC[C@@H]1NC(=O)C2[C@@H]3CCN2C(=O)[C@@H]2Cc4cn(c5ccc(F)cc45)CCCCCCN(Cc4ccc(cc4)CCNC(=O)[C@@H]4CCCN4C(=O)[C@H](Cc4ccc(OC)cc4)NC1=O)C(=O)CCC(=O)N[C@@H](C)C(=O)NCC(=O)N[C@@H](Cc1cccc(c1)CNC(=O)CO3)C(=O)N2. The summed E-state index contributed by atoms with van der Waals surface area (Å²) >= 11 is 0. The van der Waals surface area contributed by atoms with Gasteiger partial charge in [-0.3, -0.25) is 52.7 Å². The number of carbonyl (C=O) groups is 11. The molecule has 0 radical (unpaired) electrons. The molecule has 25 nitrogen and oxygen atoms in total. The van der Waals surface area contributed by atoms with Crippen LogP contribution in [0.4, 0.5) is 4.39 Å². The minimum absolute atomic E-state index is 0.0000765. The van der Waals surface area contributed by atoms with Gasteiger partial charge in [0.2, 0.25) is 65.0 Å². The van der Waals surface area contributed by atoms with E-state index in [1.807, 2.05) is 28.8 Å². The van der Waals surface area contributed by atoms with E-state index in [0.717, 1.165) is 11.1 Å². The monoisotopic (exact) mass is 1330 g/mol. The fourth-order valence-corrected chi connectivity index (χ4v) is 13.4. The number of ether oxygens (including phenoxy) is 2. The van der Waals surface area contributed by atoms with Gasteiger partial charge in [0.15, 0.2) is 0 Å². The van der Waals surface area contributed by atoms with Crippen molar-refractivity contribution in [3.05, 3.63) is 136 Å². The van der Waals surface area contributed by atoms with Crippen LogP contribution < -0.4 is 47.3 Å². The second kappa shape index (κ2) is 32.8. The molecule has 5 aromatic rings. The van der Waals surface area contributed by atoms with Gasteiger partial charge in [-0.2, -0.15) is 0 Å². The Kier molecular flexibility index (Phi) is 23.7. The number of fused-ring (bicyclic) bond motifs is 16. The molecule has 7 heterocycles. The van der Waals surface area contributed by atoms with Crippen LogP contribution in [-0.2, 0) is 103 Å². The summed E-state index contributed by atoms with van der Waals surface area (Å²) < 4.78 is 29.2. The lowest BCUT2D eigenvalue weighted by molar-refractivity contribution is -0.146. The first-order chi connectivity index (χ1) is 46.8. The van der Waals surface area contributed by atoms with Crippen molar-refractivity contribution in [2.24, 2.45) is 0 Å². The molecule has 1 unspecified atom stereocenters. The van der Waals surface area contributed by atoms with Gasteiger partial charge in [0, 0.05) is 95.0 Å². The van der Waals surface area contributed by atoms with E-state index >= 15 is 23.6 Å². The Morgan fingerprint density at radius 1 is 0.577 bits per heavy atom. The summed E-state index contributed by atoms with van der Waals surface area (Å²) in [5.74, 6) is -7.16. The first-order valence-corrected chi connectivity index (χ1v) is 33.7. The molecule has 0 spiro atoms. The van der Waals surface area contributed by atoms with Gasteiger partial charge in [-0.05, 0) is 116 Å². The highest BCUT2D eigenvalue weighted by molar-refractivity contribution is 5.99. The number of aromatic nitrogens is 1. The molecule has 6 aliphatic rings. The smallest absolute Gasteiger partial charge is 0.246 e. The van der Waals surface area contributed by atoms with E-state index in [4.69, 9.17) is 9.47 Å². The number of nitrogens with zero attached hydrogens (tertiary/aromatic N) is 4. The molecule has 0 saturated carbocycles. The second-order valence-corrected chi connectivity index (χ2v) is 25.7. The van der Waals surface area contributed by atoms with Gasteiger partial charge >= 0.3 is 0 Å². The van der Waals surface area contributed by atoms with E-state index < -0.39 is 121 Å². The molecule has 1 aromatic heterocycles. The minimum atomic E-state index is -1.55. The topological polar surface area (TPSA) is 317 Å². The molecule has 0 aliphatic carbocycles. The van der Waals surface area contributed by atoms with Crippen LogP contribution in [0.5, 0.6) is 5.75 Å². The highest BCUT2D eigenvalue weighted by Crippen LogP contribution is 2.29. The number of benzene rings is 4. The lowest BCUT2D eigenvalue weighted by Crippen LogP contribution is -2.61. The van der Waals surface area contributed by atoms with Crippen molar-refractivity contribution in [3.63, 3.8) is 0 Å². The lowest BCUT2D eigenvalue weighted by Gasteiger charge is -2.33. The van der Waals surface area contributed by atoms with Crippen molar-refractivity contribution in [3.8, 4) is 5.75 Å². The predicted octanol–water partition coefficient (Wildman–Crippen LogP) is 2.45. The molecule has 8 N–H and O–H groups in total. The zero-order valence-electron chi connectivity index (χ0n) is 55.1. The third kappa shape index (κ3) is 18.2. The molecule has 2 saturated heterocycles. The Morgan fingerprint density at radius 3 is 2.10 bits per heavy atom. The van der Waals surface area contributed by atoms with Gasteiger partial charge in [-0.15, -0.1) is 0 Å². The number of carbonyl (C=O) groups excluding carboxylic acids is 11. The van der Waals surface area contributed by atoms with Crippen LogP contribution in [0.25, 0.3) is 10.9 Å². The van der Waals surface area contributed by atoms with Crippen molar-refractivity contribution in [1.29, 1.82) is 0 Å². The van der Waals surface area contributed by atoms with Gasteiger partial charge in [0.25, 0.3) is 0 Å². The summed E-state index contributed by atoms with van der Waals surface area (Å²) in [7, 11) is 1.52. The van der Waals surface area contributed by atoms with Crippen molar-refractivity contribution in [2.45, 2.75) is 172 Å². The first kappa shape index (κ1) is 70.1. The molecule has 11 rings (SSSR count). The van der Waals surface area contributed by atoms with Crippen LogP contribution in [0, 0.1) is 5.82 Å². The fraction of sp³-hybridized carbons (Fsp3) is 0.479. The highest BCUT2D eigenvalue weighted by atomic mass is 19.1. The molecule has 12 bridgehead atoms. The normalized spacial score (nSPS) is 24.9. The average molecular weight is 1340 g/mol. The Bertz CT molecular complexity index is 3730. The zero-order chi connectivity index (χ0) is 68.7. The van der Waals surface area contributed by atoms with Crippen molar-refractivity contribution < 1.29 is 66.6 Å². The van der Waals surface area contributed by atoms with Gasteiger partial charge in [-0.25, -0.2) is 4.39 Å². The molecule has 2 fully saturated rings. The largest absolute Gasteiger partial charge is 0.497 e. The number of methoxy groups -OCH3 is 1. The molecule has 8 atom stereocenters. The molecule has 26 heteroatoms. The molecule has 4 aromatic carbocycles. The van der Waals surface area contributed by atoms with Crippen molar-refractivity contribution >= 4 is 75.9 Å². The van der Waals surface area contributed by atoms with Crippen LogP contribution in [0.1, 0.15) is 111 Å². The van der Waals surface area contributed by atoms with Gasteiger partial charge in [-0.1, -0.05) is 80.4 Å². The third-order valence-corrected chi connectivity index (χ3v) is 18.8. The quantitative estimate of drug-likeness (QED) is 0.128. The summed E-state index contributed by atoms with van der Waals surface area (Å²) in [5, 5.41) is 22.8. The number of amides is 11. The third-order valence-electron chi connectivity index (χ3n) is 18.8. The standard InChI is InChI=1S/C71H87FN12O13/c1-4-53-66(90)79-55(34-45-18-21-51(96-3)22-19-45)70(94)83-31-10-13-58(83)68(92)73-28-26-44-14-16-46(17-15-44)40-82-30-8-6-5-7-29-81-41-49(52-37-50(72)20-23-57(52)81)36-56-71(95)84-32-27-59(64(84)69(93)78-53)97-42-62(87)74-38-48-12-9-11-47(33-48)35-54(67(91)80-56)77-61(86)39-75-65(89)43(2)76-60(85)24-25-63(82)88/h9,11-12,14-23,33,37,41,43,53-56,58-59,64H,4-8,10,13,24-32,34-36,38-40,42H2,1-3H3,(H,73,92)(H,74,87)(H,75,89)(H,76,85)(H,77,86)(H,78,93)(H,79,90)(H,80,91)/t43-,53-,54-,55-,56-,58-,59-,64?/m0/s1. The number of halogens is 1. The average Bonchev–Trinajstić information content (AvgIpc) is 1.66. The van der Waals surface area contributed by atoms with Crippen LogP contribution in [0.15, 0.2) is 97.2 Å². The lowest BCUT2D eigenvalue weighted by atomic mass is 10.00. The first-order valence-electron chi connectivity index (χ1n) is 33.7. The van der Waals surface area contributed by atoms with Crippen LogP contribution >= 0.6 is 0 Å². The van der Waals surface area contributed by atoms with E-state index in [0.29, 0.717) is 96.9 Å². The maximum atomic E-state index is 15.9. The number of hydrogen-bond donors (Lipinski definition) is 8. The van der Waals surface area contributed by atoms with Gasteiger partial charge < -0.3 is 71.3 Å². The van der Waals surface area contributed by atoms with E-state index in [1.54, 1.807) is 72.6 Å². The number of hydrogen-bond acceptors (Lipinski definition) is 13. The molecule has 97 heavy (non-hydrogen) atoms. The summed E-state index contributed by atoms with van der Waals surface area (Å²) in [5.41, 5.74) is 4.60. The maximum absolute atomic E-state index is 15.9. The summed E-state index contributed by atoms with van der Waals surface area (Å²) in [6.07, 6.45) is 3.71. The highest BCUT2D eigenvalue weighted by Gasteiger charge is 2.47. The Morgan fingerprint density at radius 2 is 1.33 bits per heavy atom. The second-order valence-electron chi connectivity index (χ2n) is 25.7. The van der Waals surface area contributed by atoms with Crippen LogP contribution in [0.2, 0.25) is 0 Å². The molecule has 6 aliphatic heterocycles. The Labute approximate surface area is 562 Å². The molecule has 516 valence electrons. The molecule has 11 amide bonds. The number of rotatable bonds is 4. The molecular weight excluding hydrogens is 1250 g/mol. The maximum Gasteiger partial charge on any atom is 0.246 e.